The molecule has 3 unspecified atom stereocenters. The minimum atomic E-state index is -0.521. The Kier molecular flexibility index (Phi) is 4.65. The van der Waals surface area contributed by atoms with Crippen LogP contribution in [0.15, 0.2) is 18.2 Å². The summed E-state index contributed by atoms with van der Waals surface area (Å²) in [5.74, 6) is 0.518. The Morgan fingerprint density at radius 2 is 2.32 bits per heavy atom. The molecule has 0 N–H and O–H groups in total. The second-order valence-electron chi connectivity index (χ2n) is 4.20. The van der Waals surface area contributed by atoms with Crippen molar-refractivity contribution in [3.8, 4) is 5.75 Å². The summed E-state index contributed by atoms with van der Waals surface area (Å²) in [6, 6.07) is 4.36. The van der Waals surface area contributed by atoms with Gasteiger partial charge in [-0.15, -0.1) is 0 Å². The molecule has 19 heavy (non-hydrogen) atoms. The molecule has 2 rings (SSSR count). The Balaban J connectivity index is 2.04. The monoisotopic (exact) mass is 349 g/mol. The third-order valence-electron chi connectivity index (χ3n) is 2.94. The molecule has 5 nitrogen and oxygen atoms in total. The van der Waals surface area contributed by atoms with Crippen molar-refractivity contribution < 1.29 is 14.4 Å². The van der Waals surface area contributed by atoms with E-state index >= 15 is 0 Å². The molecular weight excluding hydrogens is 337 g/mol. The van der Waals surface area contributed by atoms with Crippen molar-refractivity contribution in [1.29, 1.82) is 0 Å². The highest BCUT2D eigenvalue weighted by Crippen LogP contribution is 2.36. The molecule has 0 bridgehead atoms. The van der Waals surface area contributed by atoms with E-state index in [0.717, 1.165) is 6.42 Å². The van der Waals surface area contributed by atoms with Gasteiger partial charge in [-0.05, 0) is 13.0 Å². The number of nitro groups is 1. The van der Waals surface area contributed by atoms with E-state index in [1.165, 1.54) is 12.1 Å². The van der Waals surface area contributed by atoms with Gasteiger partial charge in [-0.3, -0.25) is 10.1 Å². The molecule has 0 heterocycles. The summed E-state index contributed by atoms with van der Waals surface area (Å²) in [5.41, 5.74) is -0.123. The predicted octanol–water partition coefficient (Wildman–Crippen LogP) is 3.57. The van der Waals surface area contributed by atoms with Gasteiger partial charge in [0.15, 0.2) is 0 Å². The largest absolute Gasteiger partial charge is 0.488 e. The highest BCUT2D eigenvalue weighted by molar-refractivity contribution is 9.09. The van der Waals surface area contributed by atoms with Crippen LogP contribution in [0.3, 0.4) is 0 Å². The van der Waals surface area contributed by atoms with E-state index < -0.39 is 4.92 Å². The number of hydrogen-bond donors (Lipinski definition) is 0. The summed E-state index contributed by atoms with van der Waals surface area (Å²) in [4.78, 5) is 10.4. The number of benzene rings is 1. The third-order valence-corrected chi connectivity index (χ3v) is 4.14. The Morgan fingerprint density at radius 3 is 2.84 bits per heavy atom. The van der Waals surface area contributed by atoms with Crippen LogP contribution in [0, 0.1) is 10.1 Å². The van der Waals surface area contributed by atoms with Gasteiger partial charge in [-0.2, -0.15) is 0 Å². The minimum absolute atomic E-state index is 0.000956. The van der Waals surface area contributed by atoms with Crippen LogP contribution in [0.25, 0.3) is 0 Å². The number of hydrogen-bond acceptors (Lipinski definition) is 4. The van der Waals surface area contributed by atoms with Crippen molar-refractivity contribution in [3.05, 3.63) is 33.3 Å². The van der Waals surface area contributed by atoms with Crippen molar-refractivity contribution in [2.24, 2.45) is 0 Å². The van der Waals surface area contributed by atoms with Gasteiger partial charge in [0, 0.05) is 30.0 Å². The zero-order valence-electron chi connectivity index (χ0n) is 10.2. The smallest absolute Gasteiger partial charge is 0.288 e. The van der Waals surface area contributed by atoms with E-state index in [2.05, 4.69) is 15.9 Å². The highest BCUT2D eigenvalue weighted by Gasteiger charge is 2.42. The van der Waals surface area contributed by atoms with Crippen LogP contribution in [0.4, 0.5) is 5.69 Å². The fourth-order valence-corrected chi connectivity index (χ4v) is 3.03. The van der Waals surface area contributed by atoms with E-state index in [0.29, 0.717) is 12.4 Å². The zero-order chi connectivity index (χ0) is 14.0. The number of nitro benzene ring substituents is 1. The molecule has 1 saturated carbocycles. The number of nitrogens with zero attached hydrogens (tertiary/aromatic N) is 1. The van der Waals surface area contributed by atoms with E-state index in [9.17, 15) is 10.1 Å². The van der Waals surface area contributed by atoms with Crippen LogP contribution < -0.4 is 4.74 Å². The van der Waals surface area contributed by atoms with E-state index in [-0.39, 0.29) is 27.7 Å². The second-order valence-corrected chi connectivity index (χ2v) is 5.78. The van der Waals surface area contributed by atoms with Gasteiger partial charge in [0.25, 0.3) is 5.69 Å². The Bertz CT molecular complexity index is 485. The van der Waals surface area contributed by atoms with Crippen molar-refractivity contribution >= 4 is 33.2 Å². The summed E-state index contributed by atoms with van der Waals surface area (Å²) >= 11 is 9.34. The number of halogens is 2. The van der Waals surface area contributed by atoms with Crippen molar-refractivity contribution in [2.75, 3.05) is 6.61 Å². The lowest BCUT2D eigenvalue weighted by Crippen LogP contribution is -2.52. The molecule has 0 aromatic heterocycles. The highest BCUT2D eigenvalue weighted by atomic mass is 79.9. The summed E-state index contributed by atoms with van der Waals surface area (Å²) in [5, 5.41) is 10.7. The van der Waals surface area contributed by atoms with Crippen LogP contribution in [-0.4, -0.2) is 28.6 Å². The molecule has 0 spiro atoms. The van der Waals surface area contributed by atoms with Crippen LogP contribution in [0.5, 0.6) is 5.75 Å². The van der Waals surface area contributed by atoms with E-state index in [4.69, 9.17) is 21.1 Å². The van der Waals surface area contributed by atoms with Gasteiger partial charge >= 0.3 is 0 Å². The van der Waals surface area contributed by atoms with Gasteiger partial charge in [0.2, 0.25) is 0 Å². The summed E-state index contributed by atoms with van der Waals surface area (Å²) < 4.78 is 11.3. The fourth-order valence-electron chi connectivity index (χ4n) is 1.93. The van der Waals surface area contributed by atoms with E-state index in [1.54, 1.807) is 6.07 Å². The average Bonchev–Trinajstić information content (AvgIpc) is 2.35. The van der Waals surface area contributed by atoms with Gasteiger partial charge < -0.3 is 9.47 Å². The first-order valence-electron chi connectivity index (χ1n) is 5.89. The van der Waals surface area contributed by atoms with Crippen LogP contribution in [-0.2, 0) is 4.74 Å². The van der Waals surface area contributed by atoms with Crippen LogP contribution in [0.2, 0.25) is 5.02 Å². The summed E-state index contributed by atoms with van der Waals surface area (Å²) in [6.45, 7) is 2.55. The molecule has 1 aliphatic carbocycles. The van der Waals surface area contributed by atoms with Gasteiger partial charge in [0.05, 0.1) is 4.92 Å². The second kappa shape index (κ2) is 6.07. The Morgan fingerprint density at radius 1 is 1.58 bits per heavy atom. The third kappa shape index (κ3) is 3.19. The molecule has 0 aliphatic heterocycles. The average molecular weight is 351 g/mol. The maximum absolute atomic E-state index is 10.7. The minimum Gasteiger partial charge on any atom is -0.488 e. The molecule has 1 aromatic carbocycles. The number of alkyl halides is 1. The first-order valence-corrected chi connectivity index (χ1v) is 7.18. The fraction of sp³-hybridized carbons (Fsp3) is 0.500. The number of ether oxygens (including phenoxy) is 2. The first-order chi connectivity index (χ1) is 9.02. The molecule has 0 amide bonds. The Labute approximate surface area is 124 Å². The Hall–Kier alpha value is -0.850. The van der Waals surface area contributed by atoms with Crippen molar-refractivity contribution in [1.82, 2.24) is 0 Å². The first kappa shape index (κ1) is 14.6. The predicted molar refractivity (Wildman–Crippen MR) is 75.3 cm³/mol. The van der Waals surface area contributed by atoms with Gasteiger partial charge in [-0.1, -0.05) is 27.5 Å². The topological polar surface area (TPSA) is 61.6 Å². The van der Waals surface area contributed by atoms with Crippen LogP contribution >= 0.6 is 27.5 Å². The van der Waals surface area contributed by atoms with Gasteiger partial charge in [0.1, 0.15) is 23.0 Å². The molecule has 1 fully saturated rings. The maximum atomic E-state index is 10.7. The molecule has 1 aromatic rings. The quantitative estimate of drug-likeness (QED) is 0.463. The molecule has 104 valence electrons. The lowest BCUT2D eigenvalue weighted by molar-refractivity contribution is -0.384. The molecule has 0 radical (unpaired) electrons. The molecule has 0 saturated heterocycles. The van der Waals surface area contributed by atoms with Crippen molar-refractivity contribution in [2.45, 2.75) is 30.4 Å². The molecule has 7 heteroatoms. The van der Waals surface area contributed by atoms with Gasteiger partial charge in [-0.25, -0.2) is 0 Å². The van der Waals surface area contributed by atoms with Crippen LogP contribution in [0.1, 0.15) is 13.3 Å². The number of rotatable bonds is 5. The summed E-state index contributed by atoms with van der Waals surface area (Å²) in [7, 11) is 0. The lowest BCUT2D eigenvalue weighted by Gasteiger charge is -2.40. The maximum Gasteiger partial charge on any atom is 0.288 e. The zero-order valence-corrected chi connectivity index (χ0v) is 12.6. The lowest BCUT2D eigenvalue weighted by atomic mass is 9.91. The van der Waals surface area contributed by atoms with Crippen molar-refractivity contribution in [3.63, 3.8) is 0 Å². The SMILES string of the molecule is CCOC1C(Br)CC1Oc1ccc([N+](=O)[O-])c(Cl)c1. The molecular formula is C12H13BrClNO4. The normalized spacial score (nSPS) is 25.7. The molecule has 3 atom stereocenters. The standard InChI is InChI=1S/C12H13BrClNO4/c1-2-18-12-8(13)6-11(12)19-7-3-4-10(15(16)17)9(14)5-7/h3-5,8,11-12H,2,6H2,1H3. The summed E-state index contributed by atoms with van der Waals surface area (Å²) in [6.07, 6.45) is 0.778. The van der Waals surface area contributed by atoms with E-state index in [1.807, 2.05) is 6.92 Å². The molecule has 1 aliphatic rings.